The van der Waals surface area contributed by atoms with Crippen molar-refractivity contribution >= 4 is 70.7 Å². The fraction of sp³-hybridized carbons (Fsp3) is 0. The maximum atomic E-state index is 9.04. The fourth-order valence-electron chi connectivity index (χ4n) is 2.54. The molecule has 0 atom stereocenters. The van der Waals surface area contributed by atoms with Gasteiger partial charge in [-0.25, -0.2) is 0 Å². The summed E-state index contributed by atoms with van der Waals surface area (Å²) in [5.41, 5.74) is 1.69. The second-order valence-electron chi connectivity index (χ2n) is 5.17. The van der Waals surface area contributed by atoms with Crippen molar-refractivity contribution in [2.24, 2.45) is 0 Å². The average Bonchev–Trinajstić information content (AvgIpc) is 3.23. The van der Waals surface area contributed by atoms with Gasteiger partial charge in [-0.3, -0.25) is 0 Å². The van der Waals surface area contributed by atoms with Crippen molar-refractivity contribution in [3.63, 3.8) is 0 Å². The molecule has 26 heavy (non-hydrogen) atoms. The molecule has 0 aliphatic carbocycles. The van der Waals surface area contributed by atoms with Crippen LogP contribution in [0.3, 0.4) is 0 Å². The molecule has 4 aromatic rings. The number of rotatable bonds is 0. The number of nitrogens with zero attached hydrogens (tertiary/aromatic N) is 6. The Kier molecular flexibility index (Phi) is 3.91. The van der Waals surface area contributed by atoms with Crippen LogP contribution in [0.1, 0.15) is 0 Å². The van der Waals surface area contributed by atoms with Crippen LogP contribution in [0.25, 0.3) is 51.4 Å². The molecule has 8 heteroatoms. The van der Waals surface area contributed by atoms with E-state index in [1.54, 1.807) is 0 Å². The van der Waals surface area contributed by atoms with Crippen LogP contribution < -0.4 is 8.45 Å². The molecule has 118 valence electrons. The van der Waals surface area contributed by atoms with Gasteiger partial charge in [-0.15, -0.1) is 0 Å². The summed E-state index contributed by atoms with van der Waals surface area (Å²) in [6.07, 6.45) is 0. The van der Waals surface area contributed by atoms with E-state index < -0.39 is 0 Å². The number of benzene rings is 2. The van der Waals surface area contributed by atoms with Gasteiger partial charge in [-0.1, -0.05) is 0 Å². The molecule has 0 fully saturated rings. The van der Waals surface area contributed by atoms with Crippen molar-refractivity contribution in [1.29, 1.82) is 10.5 Å². The number of hydrogen-bond acceptors (Lipinski definition) is 4. The first-order chi connectivity index (χ1) is 12.7. The van der Waals surface area contributed by atoms with E-state index in [0.717, 1.165) is 30.3 Å². The molecule has 0 N–H and O–H groups in total. The van der Waals surface area contributed by atoms with Crippen molar-refractivity contribution < 1.29 is 0 Å². The van der Waals surface area contributed by atoms with Gasteiger partial charge in [-0.2, -0.15) is 0 Å². The van der Waals surface area contributed by atoms with Crippen molar-refractivity contribution in [2.45, 2.75) is 0 Å². The van der Waals surface area contributed by atoms with Crippen molar-refractivity contribution in [1.82, 2.24) is 9.97 Å². The van der Waals surface area contributed by atoms with Gasteiger partial charge in [0.1, 0.15) is 0 Å². The molecule has 2 aromatic heterocycles. The van der Waals surface area contributed by atoms with Crippen molar-refractivity contribution in [2.75, 3.05) is 0 Å². The zero-order chi connectivity index (χ0) is 18.3. The Morgan fingerprint density at radius 2 is 1.35 bits per heavy atom. The summed E-state index contributed by atoms with van der Waals surface area (Å²) in [4.78, 5) is 15.5. The molecule has 0 saturated carbocycles. The predicted molar refractivity (Wildman–Crippen MR) is 98.9 cm³/mol. The van der Waals surface area contributed by atoms with Crippen LogP contribution in [0, 0.1) is 35.8 Å². The van der Waals surface area contributed by atoms with Crippen molar-refractivity contribution in [3.05, 3.63) is 55.5 Å². The van der Waals surface area contributed by atoms with E-state index in [-0.39, 0.29) is 40.4 Å². The standard InChI is InChI=1S/C18H4N6Se2/c1-21-16(22-2)18-24-13-4-10-5-14-12(3-9(10)6-15(13)26-18)23-17(25-14)11(7-19)8-20/h3-6H. The number of aromatic nitrogens is 2. The molecule has 4 rings (SSSR count). The van der Waals surface area contributed by atoms with Gasteiger partial charge in [0, 0.05) is 0 Å². The third-order valence-corrected chi connectivity index (χ3v) is 7.99. The number of nitriles is 2. The Morgan fingerprint density at radius 1 is 0.846 bits per heavy atom. The Morgan fingerprint density at radius 3 is 1.85 bits per heavy atom. The molecule has 0 spiro atoms. The third kappa shape index (κ3) is 2.52. The van der Waals surface area contributed by atoms with E-state index in [4.69, 9.17) is 23.7 Å². The molecule has 0 aliphatic heterocycles. The Labute approximate surface area is 158 Å². The summed E-state index contributed by atoms with van der Waals surface area (Å²) in [6.45, 7) is 14.2. The van der Waals surface area contributed by atoms with Crippen molar-refractivity contribution in [3.8, 4) is 12.1 Å². The molecule has 2 aromatic carbocycles. The average molecular weight is 462 g/mol. The monoisotopic (exact) mass is 464 g/mol. The number of fused-ring (bicyclic) bond motifs is 3. The van der Waals surface area contributed by atoms with Crippen LogP contribution in [0.2, 0.25) is 0 Å². The van der Waals surface area contributed by atoms with Gasteiger partial charge in [0.05, 0.1) is 0 Å². The van der Waals surface area contributed by atoms with E-state index in [0.29, 0.717) is 8.45 Å². The van der Waals surface area contributed by atoms with E-state index in [9.17, 15) is 0 Å². The van der Waals surface area contributed by atoms with Crippen LogP contribution in [-0.4, -0.2) is 39.0 Å². The SMILES string of the molecule is [C-]#[N+]C([N+]#[C-])=c1nc2cc3cc4[se]c(=C(C#N)C#N)nc4cc3cc2[se]1. The van der Waals surface area contributed by atoms with Gasteiger partial charge < -0.3 is 0 Å². The van der Waals surface area contributed by atoms with Crippen LogP contribution >= 0.6 is 0 Å². The molecule has 0 unspecified atom stereocenters. The van der Waals surface area contributed by atoms with Crippen LogP contribution in [0.5, 0.6) is 0 Å². The zero-order valence-corrected chi connectivity index (χ0v) is 16.2. The summed E-state index contributed by atoms with van der Waals surface area (Å²) in [5, 5.41) is 20.1. The van der Waals surface area contributed by atoms with Gasteiger partial charge in [-0.05, 0) is 0 Å². The van der Waals surface area contributed by atoms with Crippen LogP contribution in [0.4, 0.5) is 0 Å². The molecule has 2 heterocycles. The predicted octanol–water partition coefficient (Wildman–Crippen LogP) is 1.15. The van der Waals surface area contributed by atoms with Gasteiger partial charge in [0.25, 0.3) is 0 Å². The molecule has 0 radical (unpaired) electrons. The minimum absolute atomic E-state index is 0.0430. The van der Waals surface area contributed by atoms with E-state index in [1.807, 2.05) is 36.4 Å². The second kappa shape index (κ2) is 6.25. The molecule has 0 aliphatic rings. The van der Waals surface area contributed by atoms with E-state index in [1.165, 1.54) is 0 Å². The van der Waals surface area contributed by atoms with Crippen LogP contribution in [-0.2, 0) is 0 Å². The quantitative estimate of drug-likeness (QED) is 0.290. The Bertz CT molecular complexity index is 1310. The Hall–Kier alpha value is -3.22. The van der Waals surface area contributed by atoms with Crippen LogP contribution in [0.15, 0.2) is 24.3 Å². The van der Waals surface area contributed by atoms with E-state index >= 15 is 0 Å². The molecule has 0 bridgehead atoms. The zero-order valence-electron chi connectivity index (χ0n) is 12.8. The first-order valence-electron chi connectivity index (χ1n) is 7.11. The second-order valence-corrected chi connectivity index (χ2v) is 9.50. The first-order valence-corrected chi connectivity index (χ1v) is 10.5. The molecule has 0 amide bonds. The normalized spacial score (nSPS) is 10.2. The summed E-state index contributed by atoms with van der Waals surface area (Å²) >= 11 is -0.329. The minimum atomic E-state index is -0.170. The van der Waals surface area contributed by atoms with Gasteiger partial charge in [0.15, 0.2) is 0 Å². The molecular weight excluding hydrogens is 458 g/mol. The third-order valence-electron chi connectivity index (χ3n) is 3.69. The summed E-state index contributed by atoms with van der Waals surface area (Å²) < 4.78 is 3.22. The summed E-state index contributed by atoms with van der Waals surface area (Å²) in [5.74, 6) is 0.0430. The number of hydrogen-bond donors (Lipinski definition) is 0. The van der Waals surface area contributed by atoms with E-state index in [2.05, 4.69) is 19.7 Å². The molecule has 0 saturated heterocycles. The summed E-state index contributed by atoms with van der Waals surface area (Å²) in [7, 11) is 0. The Balaban J connectivity index is 2.06. The molecular formula is C18H4N6Se2. The summed E-state index contributed by atoms with van der Waals surface area (Å²) in [6, 6.07) is 11.8. The topological polar surface area (TPSA) is 82.1 Å². The van der Waals surface area contributed by atoms with Gasteiger partial charge >= 0.3 is 159 Å². The maximum absolute atomic E-state index is 9.04. The first kappa shape index (κ1) is 16.3. The molecule has 6 nitrogen and oxygen atoms in total. The van der Waals surface area contributed by atoms with Gasteiger partial charge in [0.2, 0.25) is 0 Å². The fourth-order valence-corrected chi connectivity index (χ4v) is 6.46.